The lowest BCUT2D eigenvalue weighted by molar-refractivity contribution is -0.127. The Morgan fingerprint density at radius 3 is 2.06 bits per heavy atom. The van der Waals surface area contributed by atoms with Crippen molar-refractivity contribution in [1.82, 2.24) is 20.9 Å². The van der Waals surface area contributed by atoms with Gasteiger partial charge in [-0.2, -0.15) is 0 Å². The molecule has 4 N–H and O–H groups in total. The molecule has 1 heterocycles. The fraction of sp³-hybridized carbons (Fsp3) is 0.186. The standard InChI is InChI=1S/C43H40N4O5/c1-43(24-31-25-44-38-23-13-12-18-32(31)38,47-42(50)52-28-37-35-21-10-8-19-33(35)34-20-9-11-22-36(34)37)40(48)45-26-39(30-16-6-3-7-17-30)46-41(49)51-27-29-14-4-2-5-15-29/h2-23,25,37,39,44H,24,26-28H2,1H3,(H,45,48)(H,46,49)(H,47,50)/t39-,43+/m0/s1. The molecular formula is C43H40N4O5. The van der Waals surface area contributed by atoms with Gasteiger partial charge in [-0.1, -0.05) is 127 Å². The molecule has 1 aliphatic rings. The number of hydrogen-bond donors (Lipinski definition) is 4. The van der Waals surface area contributed by atoms with Crippen molar-refractivity contribution in [2.24, 2.45) is 0 Å². The number of benzene rings is 5. The van der Waals surface area contributed by atoms with Crippen LogP contribution in [0.25, 0.3) is 22.0 Å². The molecule has 1 aliphatic carbocycles. The third-order valence-electron chi connectivity index (χ3n) is 9.62. The average molecular weight is 693 g/mol. The molecule has 1 aromatic heterocycles. The van der Waals surface area contributed by atoms with Crippen molar-refractivity contribution in [3.05, 3.63) is 167 Å². The summed E-state index contributed by atoms with van der Waals surface area (Å²) in [5.41, 5.74) is 6.43. The topological polar surface area (TPSA) is 122 Å². The highest BCUT2D eigenvalue weighted by Gasteiger charge is 2.38. The van der Waals surface area contributed by atoms with Gasteiger partial charge in [0.25, 0.3) is 0 Å². The number of para-hydroxylation sites is 1. The molecule has 0 aliphatic heterocycles. The first kappa shape index (κ1) is 34.1. The maximum Gasteiger partial charge on any atom is 0.408 e. The molecule has 52 heavy (non-hydrogen) atoms. The quantitative estimate of drug-likeness (QED) is 0.104. The number of carbonyl (C=O) groups excluding carboxylic acids is 3. The summed E-state index contributed by atoms with van der Waals surface area (Å²) in [5, 5.41) is 9.75. The number of carbonyl (C=O) groups is 3. The lowest BCUT2D eigenvalue weighted by atomic mass is 9.91. The van der Waals surface area contributed by atoms with Crippen LogP contribution in [0, 0.1) is 0 Å². The van der Waals surface area contributed by atoms with Crippen LogP contribution in [-0.4, -0.2) is 41.8 Å². The van der Waals surface area contributed by atoms with E-state index in [1.807, 2.05) is 115 Å². The number of alkyl carbamates (subject to hydrolysis) is 2. The minimum Gasteiger partial charge on any atom is -0.449 e. The average Bonchev–Trinajstić information content (AvgIpc) is 3.73. The molecule has 0 unspecified atom stereocenters. The number of ether oxygens (including phenoxy) is 2. The van der Waals surface area contributed by atoms with Crippen LogP contribution in [0.3, 0.4) is 0 Å². The summed E-state index contributed by atoms with van der Waals surface area (Å²) in [5.74, 6) is -0.571. The van der Waals surface area contributed by atoms with Gasteiger partial charge in [-0.3, -0.25) is 4.79 Å². The van der Waals surface area contributed by atoms with Gasteiger partial charge in [-0.05, 0) is 51.9 Å². The summed E-state index contributed by atoms with van der Waals surface area (Å²) < 4.78 is 11.4. The Kier molecular flexibility index (Phi) is 10.0. The smallest absolute Gasteiger partial charge is 0.408 e. The van der Waals surface area contributed by atoms with E-state index in [1.165, 1.54) is 0 Å². The molecule has 0 spiro atoms. The summed E-state index contributed by atoms with van der Waals surface area (Å²) in [6, 6.07) is 42.2. The minimum atomic E-state index is -1.43. The van der Waals surface area contributed by atoms with E-state index in [-0.39, 0.29) is 32.1 Å². The van der Waals surface area contributed by atoms with E-state index in [2.05, 4.69) is 45.2 Å². The first-order valence-corrected chi connectivity index (χ1v) is 17.4. The van der Waals surface area contributed by atoms with E-state index < -0.39 is 29.7 Å². The monoisotopic (exact) mass is 692 g/mol. The molecule has 9 heteroatoms. The number of hydrogen-bond acceptors (Lipinski definition) is 5. The van der Waals surface area contributed by atoms with Crippen molar-refractivity contribution in [3.63, 3.8) is 0 Å². The number of aromatic amines is 1. The molecule has 0 radical (unpaired) electrons. The molecule has 0 saturated carbocycles. The third kappa shape index (κ3) is 7.54. The highest BCUT2D eigenvalue weighted by Crippen LogP contribution is 2.44. The lowest BCUT2D eigenvalue weighted by Crippen LogP contribution is -2.59. The van der Waals surface area contributed by atoms with Gasteiger partial charge in [0.1, 0.15) is 18.8 Å². The molecule has 3 amide bonds. The number of amides is 3. The van der Waals surface area contributed by atoms with Crippen LogP contribution >= 0.6 is 0 Å². The van der Waals surface area contributed by atoms with Crippen LogP contribution in [0.1, 0.15) is 46.7 Å². The fourth-order valence-electron chi connectivity index (χ4n) is 6.93. The Balaban J connectivity index is 1.08. The summed E-state index contributed by atoms with van der Waals surface area (Å²) in [6.45, 7) is 1.94. The van der Waals surface area contributed by atoms with Gasteiger partial charge in [0.05, 0.1) is 6.04 Å². The molecule has 262 valence electrons. The maximum absolute atomic E-state index is 14.2. The first-order valence-electron chi connectivity index (χ1n) is 17.4. The van der Waals surface area contributed by atoms with Crippen LogP contribution in [-0.2, 0) is 27.3 Å². The van der Waals surface area contributed by atoms with Crippen LogP contribution in [0.4, 0.5) is 9.59 Å². The number of aromatic nitrogens is 1. The fourth-order valence-corrected chi connectivity index (χ4v) is 6.93. The molecule has 0 fully saturated rings. The molecule has 2 atom stereocenters. The van der Waals surface area contributed by atoms with Gasteiger partial charge in [-0.25, -0.2) is 9.59 Å². The summed E-state index contributed by atoms with van der Waals surface area (Å²) in [7, 11) is 0. The Morgan fingerprint density at radius 1 is 0.731 bits per heavy atom. The van der Waals surface area contributed by atoms with Crippen LogP contribution in [0.2, 0.25) is 0 Å². The third-order valence-corrected chi connectivity index (χ3v) is 9.62. The van der Waals surface area contributed by atoms with Gasteiger partial charge < -0.3 is 30.4 Å². The Morgan fingerprint density at radius 2 is 1.35 bits per heavy atom. The molecule has 5 aromatic carbocycles. The van der Waals surface area contributed by atoms with E-state index in [9.17, 15) is 14.4 Å². The predicted octanol–water partition coefficient (Wildman–Crippen LogP) is 7.79. The van der Waals surface area contributed by atoms with Crippen LogP contribution in [0.15, 0.2) is 140 Å². The van der Waals surface area contributed by atoms with Gasteiger partial charge in [0.15, 0.2) is 0 Å². The van der Waals surface area contributed by atoms with E-state index in [0.717, 1.165) is 49.8 Å². The molecular weight excluding hydrogens is 652 g/mol. The summed E-state index contributed by atoms with van der Waals surface area (Å²) >= 11 is 0. The number of rotatable bonds is 12. The Bertz CT molecular complexity index is 2140. The Labute approximate surface area is 302 Å². The van der Waals surface area contributed by atoms with E-state index in [1.54, 1.807) is 6.92 Å². The zero-order chi connectivity index (χ0) is 35.9. The van der Waals surface area contributed by atoms with Gasteiger partial charge in [0, 0.05) is 36.0 Å². The molecule has 0 saturated heterocycles. The zero-order valence-corrected chi connectivity index (χ0v) is 28.8. The summed E-state index contributed by atoms with van der Waals surface area (Å²) in [6.07, 6.45) is 0.703. The second kappa shape index (κ2) is 15.3. The van der Waals surface area contributed by atoms with Gasteiger partial charge in [-0.15, -0.1) is 0 Å². The second-order valence-corrected chi connectivity index (χ2v) is 13.2. The Hall–Kier alpha value is -6.35. The summed E-state index contributed by atoms with van der Waals surface area (Å²) in [4.78, 5) is 44.1. The van der Waals surface area contributed by atoms with Crippen LogP contribution < -0.4 is 16.0 Å². The lowest BCUT2D eigenvalue weighted by Gasteiger charge is -2.30. The van der Waals surface area contributed by atoms with Crippen molar-refractivity contribution in [2.45, 2.75) is 37.5 Å². The predicted molar refractivity (Wildman–Crippen MR) is 201 cm³/mol. The first-order chi connectivity index (χ1) is 25.4. The van der Waals surface area contributed by atoms with E-state index >= 15 is 0 Å². The van der Waals surface area contributed by atoms with E-state index in [4.69, 9.17) is 9.47 Å². The number of nitrogens with one attached hydrogen (secondary N) is 4. The SMILES string of the molecule is C[C@](Cc1c[nH]c2ccccc12)(NC(=O)OCC1c2ccccc2-c2ccccc21)C(=O)NC[C@H](NC(=O)OCc1ccccc1)c1ccccc1. The van der Waals surface area contributed by atoms with Crippen LogP contribution in [0.5, 0.6) is 0 Å². The zero-order valence-electron chi connectivity index (χ0n) is 28.8. The maximum atomic E-state index is 14.2. The van der Waals surface area contributed by atoms with Crippen molar-refractivity contribution in [1.29, 1.82) is 0 Å². The number of fused-ring (bicyclic) bond motifs is 4. The van der Waals surface area contributed by atoms with Crippen molar-refractivity contribution < 1.29 is 23.9 Å². The molecule has 7 rings (SSSR count). The minimum absolute atomic E-state index is 0.0408. The normalized spacial score (nSPS) is 13.6. The molecule has 0 bridgehead atoms. The van der Waals surface area contributed by atoms with Crippen molar-refractivity contribution >= 4 is 29.0 Å². The van der Waals surface area contributed by atoms with Crippen molar-refractivity contribution in [3.8, 4) is 11.1 Å². The second-order valence-electron chi connectivity index (χ2n) is 13.2. The van der Waals surface area contributed by atoms with Crippen molar-refractivity contribution in [2.75, 3.05) is 13.2 Å². The van der Waals surface area contributed by atoms with Gasteiger partial charge >= 0.3 is 12.2 Å². The van der Waals surface area contributed by atoms with E-state index in [0.29, 0.717) is 0 Å². The highest BCUT2D eigenvalue weighted by atomic mass is 16.6. The molecule has 9 nitrogen and oxygen atoms in total. The largest absolute Gasteiger partial charge is 0.449 e. The molecule has 6 aromatic rings. The number of H-pyrrole nitrogens is 1. The van der Waals surface area contributed by atoms with Gasteiger partial charge in [0.2, 0.25) is 5.91 Å². The highest BCUT2D eigenvalue weighted by molar-refractivity contribution is 5.91.